The molecule has 0 spiro atoms. The molecular weight excluding hydrogens is 234 g/mol. The van der Waals surface area contributed by atoms with Crippen molar-refractivity contribution >= 4 is 11.8 Å². The Hall–Kier alpha value is -1.33. The molecule has 0 aliphatic heterocycles. The third kappa shape index (κ3) is 2.68. The molecule has 2 aromatic rings. The number of thioether (sulfide) groups is 1. The molecule has 0 atom stereocenters. The van der Waals surface area contributed by atoms with E-state index >= 15 is 0 Å². The highest BCUT2D eigenvalue weighted by atomic mass is 32.2. The highest BCUT2D eigenvalue weighted by molar-refractivity contribution is 7.98. The Balaban J connectivity index is 2.07. The van der Waals surface area contributed by atoms with Gasteiger partial charge in [0.25, 0.3) is 0 Å². The van der Waals surface area contributed by atoms with Crippen molar-refractivity contribution in [2.24, 2.45) is 7.05 Å². The molecular formula is C12H15N3OS. The molecule has 0 aliphatic rings. The standard InChI is InChI=1S/C12H15N3OS/c1-9-4-3-5-13-11(9)8-17-12-14-6-10(7-16)15(12)2/h3-6,16H,7-8H2,1-2H3. The van der Waals surface area contributed by atoms with E-state index in [0.717, 1.165) is 22.3 Å². The monoisotopic (exact) mass is 249 g/mol. The summed E-state index contributed by atoms with van der Waals surface area (Å²) in [5.41, 5.74) is 3.09. The van der Waals surface area contributed by atoms with Gasteiger partial charge in [0.05, 0.1) is 24.2 Å². The minimum atomic E-state index is 0.0205. The van der Waals surface area contributed by atoms with Gasteiger partial charge in [-0.3, -0.25) is 4.98 Å². The molecule has 2 rings (SSSR count). The predicted octanol–water partition coefficient (Wildman–Crippen LogP) is 1.91. The first-order valence-electron chi connectivity index (χ1n) is 5.37. The van der Waals surface area contributed by atoms with E-state index in [-0.39, 0.29) is 6.61 Å². The van der Waals surface area contributed by atoms with Crippen molar-refractivity contribution in [1.82, 2.24) is 14.5 Å². The lowest BCUT2D eigenvalue weighted by molar-refractivity contribution is 0.271. The van der Waals surface area contributed by atoms with Crippen molar-refractivity contribution in [3.8, 4) is 0 Å². The number of hydrogen-bond donors (Lipinski definition) is 1. The second-order valence-electron chi connectivity index (χ2n) is 3.80. The van der Waals surface area contributed by atoms with Crippen LogP contribution >= 0.6 is 11.8 Å². The van der Waals surface area contributed by atoms with Crippen LogP contribution in [0.2, 0.25) is 0 Å². The van der Waals surface area contributed by atoms with Gasteiger partial charge in [-0.1, -0.05) is 17.8 Å². The van der Waals surface area contributed by atoms with Gasteiger partial charge in [0.1, 0.15) is 0 Å². The van der Waals surface area contributed by atoms with Crippen LogP contribution in [0.4, 0.5) is 0 Å². The topological polar surface area (TPSA) is 50.9 Å². The van der Waals surface area contributed by atoms with Gasteiger partial charge in [0, 0.05) is 19.0 Å². The summed E-state index contributed by atoms with van der Waals surface area (Å²) in [6, 6.07) is 3.99. The first-order chi connectivity index (χ1) is 8.22. The quantitative estimate of drug-likeness (QED) is 0.841. The second-order valence-corrected chi connectivity index (χ2v) is 4.75. The van der Waals surface area contributed by atoms with E-state index in [2.05, 4.69) is 23.0 Å². The Morgan fingerprint density at radius 1 is 1.41 bits per heavy atom. The fourth-order valence-corrected chi connectivity index (χ4v) is 2.52. The molecule has 1 N–H and O–H groups in total. The molecule has 0 aromatic carbocycles. The van der Waals surface area contributed by atoms with E-state index in [9.17, 15) is 0 Å². The first-order valence-corrected chi connectivity index (χ1v) is 6.35. The minimum Gasteiger partial charge on any atom is -0.390 e. The van der Waals surface area contributed by atoms with Crippen LogP contribution in [0.1, 0.15) is 17.0 Å². The van der Waals surface area contributed by atoms with Crippen LogP contribution < -0.4 is 0 Å². The zero-order chi connectivity index (χ0) is 12.3. The van der Waals surface area contributed by atoms with Crippen LogP contribution in [0.25, 0.3) is 0 Å². The summed E-state index contributed by atoms with van der Waals surface area (Å²) >= 11 is 1.63. The highest BCUT2D eigenvalue weighted by Crippen LogP contribution is 2.22. The number of aromatic nitrogens is 3. The Labute approximate surface area is 105 Å². The van der Waals surface area contributed by atoms with Gasteiger partial charge in [-0.15, -0.1) is 0 Å². The van der Waals surface area contributed by atoms with E-state index in [1.165, 1.54) is 5.56 Å². The maximum absolute atomic E-state index is 9.08. The molecule has 0 fully saturated rings. The van der Waals surface area contributed by atoms with Crippen molar-refractivity contribution in [3.63, 3.8) is 0 Å². The summed E-state index contributed by atoms with van der Waals surface area (Å²) in [5, 5.41) is 9.98. The number of nitrogens with zero attached hydrogens (tertiary/aromatic N) is 3. The third-order valence-electron chi connectivity index (χ3n) is 2.66. The molecule has 2 aromatic heterocycles. The molecule has 4 nitrogen and oxygen atoms in total. The minimum absolute atomic E-state index is 0.0205. The summed E-state index contributed by atoms with van der Waals surface area (Å²) in [6.07, 6.45) is 3.51. The SMILES string of the molecule is Cc1cccnc1CSc1ncc(CO)n1C. The fraction of sp³-hybridized carbons (Fsp3) is 0.333. The third-order valence-corrected chi connectivity index (χ3v) is 3.71. The van der Waals surface area contributed by atoms with E-state index in [0.29, 0.717) is 0 Å². The molecule has 17 heavy (non-hydrogen) atoms. The molecule has 2 heterocycles. The molecule has 90 valence electrons. The maximum Gasteiger partial charge on any atom is 0.168 e. The van der Waals surface area contributed by atoms with Gasteiger partial charge < -0.3 is 9.67 Å². The van der Waals surface area contributed by atoms with Crippen LogP contribution in [0.15, 0.2) is 29.7 Å². The summed E-state index contributed by atoms with van der Waals surface area (Å²) in [4.78, 5) is 8.61. The number of rotatable bonds is 4. The van der Waals surface area contributed by atoms with Crippen molar-refractivity contribution in [2.45, 2.75) is 24.4 Å². The molecule has 0 radical (unpaired) electrons. The van der Waals surface area contributed by atoms with Crippen LogP contribution in [0.3, 0.4) is 0 Å². The number of pyridine rings is 1. The Morgan fingerprint density at radius 2 is 2.24 bits per heavy atom. The molecule has 0 saturated heterocycles. The predicted molar refractivity (Wildman–Crippen MR) is 67.7 cm³/mol. The average Bonchev–Trinajstić information content (AvgIpc) is 2.69. The van der Waals surface area contributed by atoms with Crippen molar-refractivity contribution < 1.29 is 5.11 Å². The summed E-state index contributed by atoms with van der Waals surface area (Å²) < 4.78 is 1.91. The maximum atomic E-state index is 9.08. The van der Waals surface area contributed by atoms with Gasteiger partial charge in [-0.25, -0.2) is 4.98 Å². The summed E-state index contributed by atoms with van der Waals surface area (Å²) in [6.45, 7) is 2.08. The Kier molecular flexibility index (Phi) is 3.81. The lowest BCUT2D eigenvalue weighted by Crippen LogP contribution is -1.98. The van der Waals surface area contributed by atoms with Crippen LogP contribution in [0, 0.1) is 6.92 Å². The number of imidazole rings is 1. The van der Waals surface area contributed by atoms with Gasteiger partial charge in [-0.05, 0) is 18.6 Å². The van der Waals surface area contributed by atoms with Crippen molar-refractivity contribution in [1.29, 1.82) is 0 Å². The zero-order valence-corrected chi connectivity index (χ0v) is 10.7. The lowest BCUT2D eigenvalue weighted by atomic mass is 10.2. The Bertz CT molecular complexity index is 510. The smallest absolute Gasteiger partial charge is 0.168 e. The van der Waals surface area contributed by atoms with Gasteiger partial charge in [0.15, 0.2) is 5.16 Å². The molecule has 0 unspecified atom stereocenters. The van der Waals surface area contributed by atoms with Crippen molar-refractivity contribution in [3.05, 3.63) is 41.5 Å². The number of aryl methyl sites for hydroxylation is 1. The average molecular weight is 249 g/mol. The van der Waals surface area contributed by atoms with Gasteiger partial charge in [-0.2, -0.15) is 0 Å². The molecule has 0 bridgehead atoms. The van der Waals surface area contributed by atoms with Gasteiger partial charge >= 0.3 is 0 Å². The second kappa shape index (κ2) is 5.33. The number of aliphatic hydroxyl groups excluding tert-OH is 1. The first kappa shape index (κ1) is 12.1. The van der Waals surface area contributed by atoms with Crippen molar-refractivity contribution in [2.75, 3.05) is 0 Å². The molecule has 0 saturated carbocycles. The normalized spacial score (nSPS) is 10.8. The van der Waals surface area contributed by atoms with E-state index in [1.54, 1.807) is 24.2 Å². The fourth-order valence-electron chi connectivity index (χ4n) is 1.51. The molecule has 0 aliphatic carbocycles. The number of aliphatic hydroxyl groups is 1. The Morgan fingerprint density at radius 3 is 2.88 bits per heavy atom. The summed E-state index contributed by atoms with van der Waals surface area (Å²) in [7, 11) is 1.91. The zero-order valence-electron chi connectivity index (χ0n) is 9.92. The van der Waals surface area contributed by atoms with Crippen LogP contribution in [-0.2, 0) is 19.4 Å². The van der Waals surface area contributed by atoms with Crippen LogP contribution in [-0.4, -0.2) is 19.6 Å². The van der Waals surface area contributed by atoms with E-state index in [1.807, 2.05) is 17.7 Å². The lowest BCUT2D eigenvalue weighted by Gasteiger charge is -2.05. The molecule has 5 heteroatoms. The van der Waals surface area contributed by atoms with E-state index in [4.69, 9.17) is 5.11 Å². The summed E-state index contributed by atoms with van der Waals surface area (Å²) in [5.74, 6) is 0.794. The van der Waals surface area contributed by atoms with E-state index < -0.39 is 0 Å². The highest BCUT2D eigenvalue weighted by Gasteiger charge is 2.07. The van der Waals surface area contributed by atoms with Crippen LogP contribution in [0.5, 0.6) is 0 Å². The van der Waals surface area contributed by atoms with Gasteiger partial charge in [0.2, 0.25) is 0 Å². The largest absolute Gasteiger partial charge is 0.390 e. The molecule has 0 amide bonds. The number of hydrogen-bond acceptors (Lipinski definition) is 4.